The third kappa shape index (κ3) is 2.76. The minimum atomic E-state index is -0.987. The van der Waals surface area contributed by atoms with Crippen molar-refractivity contribution in [3.05, 3.63) is 40.6 Å². The highest BCUT2D eigenvalue weighted by molar-refractivity contribution is 6.25. The molecule has 2 aromatic rings. The maximum absolute atomic E-state index is 12.0. The molecule has 0 saturated heterocycles. The van der Waals surface area contributed by atoms with Gasteiger partial charge in [-0.1, -0.05) is 6.07 Å². The van der Waals surface area contributed by atoms with Gasteiger partial charge in [0, 0.05) is 22.2 Å². The smallest absolute Gasteiger partial charge is 0.335 e. The quantitative estimate of drug-likeness (QED) is 0.753. The number of aromatic carboxylic acids is 1. The van der Waals surface area contributed by atoms with E-state index in [1.807, 2.05) is 20.8 Å². The second-order valence-electron chi connectivity index (χ2n) is 5.81. The topological polar surface area (TPSA) is 104 Å². The Morgan fingerprint density at radius 2 is 2.12 bits per heavy atom. The fourth-order valence-electron chi connectivity index (χ4n) is 2.58. The number of hydrogen-bond acceptors (Lipinski definition) is 4. The first kappa shape index (κ1) is 15.8. The zero-order valence-corrected chi connectivity index (χ0v) is 13.5. The number of benzene rings is 1. The molecule has 124 valence electrons. The van der Waals surface area contributed by atoms with E-state index in [0.717, 1.165) is 16.6 Å². The Labute approximate surface area is 138 Å². The lowest BCUT2D eigenvalue weighted by molar-refractivity contribution is -0.116. The van der Waals surface area contributed by atoms with E-state index in [1.54, 1.807) is 18.2 Å². The minimum Gasteiger partial charge on any atom is -0.478 e. The van der Waals surface area contributed by atoms with Gasteiger partial charge in [-0.25, -0.2) is 10.2 Å². The highest BCUT2D eigenvalue weighted by Gasteiger charge is 2.26. The second kappa shape index (κ2) is 5.84. The van der Waals surface area contributed by atoms with Crippen LogP contribution in [0.25, 0.3) is 17.0 Å². The summed E-state index contributed by atoms with van der Waals surface area (Å²) in [4.78, 5) is 26.3. The third-order valence-corrected chi connectivity index (χ3v) is 3.65. The molecule has 0 saturated carbocycles. The Morgan fingerprint density at radius 1 is 1.38 bits per heavy atom. The van der Waals surface area contributed by atoms with Crippen LogP contribution in [0, 0.1) is 6.92 Å². The zero-order chi connectivity index (χ0) is 17.4. The van der Waals surface area contributed by atoms with Gasteiger partial charge in [0.2, 0.25) is 5.90 Å². The molecule has 0 radical (unpaired) electrons. The van der Waals surface area contributed by atoms with Gasteiger partial charge in [0.15, 0.2) is 0 Å². The van der Waals surface area contributed by atoms with Crippen molar-refractivity contribution in [2.45, 2.75) is 26.9 Å². The molecule has 7 heteroatoms. The molecule has 0 atom stereocenters. The number of carbonyl (C=O) groups is 2. The molecule has 0 bridgehead atoms. The van der Waals surface area contributed by atoms with Crippen LogP contribution in [0.4, 0.5) is 0 Å². The normalized spacial score (nSPS) is 15.9. The van der Waals surface area contributed by atoms with E-state index in [2.05, 4.69) is 15.5 Å². The number of fused-ring (bicyclic) bond motifs is 1. The molecule has 3 N–H and O–H groups in total. The van der Waals surface area contributed by atoms with Crippen molar-refractivity contribution in [2.75, 3.05) is 0 Å². The van der Waals surface area contributed by atoms with Crippen LogP contribution in [0.15, 0.2) is 28.9 Å². The van der Waals surface area contributed by atoms with E-state index in [0.29, 0.717) is 11.1 Å². The number of aryl methyl sites for hydroxylation is 1. The van der Waals surface area contributed by atoms with Crippen molar-refractivity contribution in [3.63, 3.8) is 0 Å². The van der Waals surface area contributed by atoms with Crippen LogP contribution in [-0.2, 0) is 9.53 Å². The van der Waals surface area contributed by atoms with Gasteiger partial charge in [0.05, 0.1) is 11.7 Å². The lowest BCUT2D eigenvalue weighted by Crippen LogP contribution is -2.16. The summed E-state index contributed by atoms with van der Waals surface area (Å²) in [6.07, 6.45) is 1.60. The van der Waals surface area contributed by atoms with Crippen molar-refractivity contribution >= 4 is 34.8 Å². The standard InChI is InChI=1S/C17H17N3O4/c1-8(2)24-16-13(15(21)19-20-16)7-12-9(3)18-14-6-10(17(22)23)4-5-11(12)14/h4-8,18H,1-3H3,(H,19,21)(H,22,23). The van der Waals surface area contributed by atoms with Gasteiger partial charge in [-0.15, -0.1) is 5.10 Å². The van der Waals surface area contributed by atoms with Gasteiger partial charge in [-0.05, 0) is 39.0 Å². The fourth-order valence-corrected chi connectivity index (χ4v) is 2.58. The molecule has 2 heterocycles. The number of carboxylic acids is 1. The molecule has 0 aliphatic carbocycles. The Kier molecular flexibility index (Phi) is 3.84. The summed E-state index contributed by atoms with van der Waals surface area (Å²) in [5.74, 6) is -1.06. The molecular weight excluding hydrogens is 310 g/mol. The average Bonchev–Trinajstić information content (AvgIpc) is 3.00. The minimum absolute atomic E-state index is 0.109. The van der Waals surface area contributed by atoms with Crippen LogP contribution in [-0.4, -0.2) is 34.0 Å². The van der Waals surface area contributed by atoms with Crippen molar-refractivity contribution in [3.8, 4) is 0 Å². The monoisotopic (exact) mass is 327 g/mol. The molecule has 1 aliphatic rings. The molecule has 3 rings (SSSR count). The van der Waals surface area contributed by atoms with E-state index in [-0.39, 0.29) is 23.5 Å². The van der Waals surface area contributed by atoms with Gasteiger partial charge >= 0.3 is 5.97 Å². The third-order valence-electron chi connectivity index (χ3n) is 3.65. The number of aromatic amines is 1. The van der Waals surface area contributed by atoms with E-state index in [9.17, 15) is 9.59 Å². The Bertz CT molecular complexity index is 906. The van der Waals surface area contributed by atoms with Gasteiger partial charge < -0.3 is 14.8 Å². The molecule has 1 aromatic heterocycles. The number of amides is 1. The second-order valence-corrected chi connectivity index (χ2v) is 5.81. The number of hydrogen-bond donors (Lipinski definition) is 3. The number of H-pyrrole nitrogens is 1. The number of ether oxygens (including phenoxy) is 1. The first-order valence-electron chi connectivity index (χ1n) is 7.49. The number of carboxylic acid groups (broad SMARTS) is 1. The molecule has 1 aromatic carbocycles. The van der Waals surface area contributed by atoms with Crippen LogP contribution < -0.4 is 5.43 Å². The summed E-state index contributed by atoms with van der Waals surface area (Å²) in [6.45, 7) is 5.57. The lowest BCUT2D eigenvalue weighted by atomic mass is 10.1. The highest BCUT2D eigenvalue weighted by Crippen LogP contribution is 2.26. The summed E-state index contributed by atoms with van der Waals surface area (Å²) < 4.78 is 5.56. The van der Waals surface area contributed by atoms with Gasteiger partial charge in [-0.2, -0.15) is 0 Å². The summed E-state index contributed by atoms with van der Waals surface area (Å²) in [6, 6.07) is 4.83. The number of hydrazone groups is 1. The molecular formula is C17H17N3O4. The van der Waals surface area contributed by atoms with E-state index in [1.165, 1.54) is 6.07 Å². The molecule has 1 aliphatic heterocycles. The van der Waals surface area contributed by atoms with Gasteiger partial charge in [0.25, 0.3) is 5.91 Å². The van der Waals surface area contributed by atoms with Crippen LogP contribution in [0.1, 0.15) is 35.5 Å². The Hall–Kier alpha value is -3.09. The van der Waals surface area contributed by atoms with Crippen molar-refractivity contribution in [1.82, 2.24) is 10.4 Å². The van der Waals surface area contributed by atoms with Crippen LogP contribution in [0.2, 0.25) is 0 Å². The molecule has 0 fully saturated rings. The first-order chi connectivity index (χ1) is 11.4. The van der Waals surface area contributed by atoms with Crippen molar-refractivity contribution in [2.24, 2.45) is 5.10 Å². The molecule has 0 spiro atoms. The molecule has 1 amide bonds. The summed E-state index contributed by atoms with van der Waals surface area (Å²) in [5.41, 5.74) is 5.26. The van der Waals surface area contributed by atoms with Crippen molar-refractivity contribution < 1.29 is 19.4 Å². The number of carbonyl (C=O) groups excluding carboxylic acids is 1. The number of aromatic nitrogens is 1. The lowest BCUT2D eigenvalue weighted by Gasteiger charge is -2.08. The van der Waals surface area contributed by atoms with E-state index < -0.39 is 5.97 Å². The van der Waals surface area contributed by atoms with Gasteiger partial charge in [0.1, 0.15) is 5.57 Å². The fraction of sp³-hybridized carbons (Fsp3) is 0.235. The van der Waals surface area contributed by atoms with Crippen LogP contribution in [0.3, 0.4) is 0 Å². The first-order valence-corrected chi connectivity index (χ1v) is 7.49. The number of nitrogens with one attached hydrogen (secondary N) is 2. The largest absolute Gasteiger partial charge is 0.478 e. The van der Waals surface area contributed by atoms with Gasteiger partial charge in [-0.3, -0.25) is 4.79 Å². The molecule has 24 heavy (non-hydrogen) atoms. The van der Waals surface area contributed by atoms with Crippen molar-refractivity contribution in [1.29, 1.82) is 0 Å². The highest BCUT2D eigenvalue weighted by atomic mass is 16.5. The maximum Gasteiger partial charge on any atom is 0.335 e. The zero-order valence-electron chi connectivity index (χ0n) is 13.5. The average molecular weight is 327 g/mol. The molecule has 0 unspecified atom stereocenters. The molecule has 7 nitrogen and oxygen atoms in total. The Morgan fingerprint density at radius 3 is 2.79 bits per heavy atom. The van der Waals surface area contributed by atoms with Crippen LogP contribution >= 0.6 is 0 Å². The predicted octanol–water partition coefficient (Wildman–Crippen LogP) is 2.43. The summed E-state index contributed by atoms with van der Waals surface area (Å²) in [7, 11) is 0. The van der Waals surface area contributed by atoms with Crippen LogP contribution in [0.5, 0.6) is 0 Å². The Balaban J connectivity index is 2.09. The predicted molar refractivity (Wildman–Crippen MR) is 89.8 cm³/mol. The summed E-state index contributed by atoms with van der Waals surface area (Å²) >= 11 is 0. The SMILES string of the molecule is Cc1[nH]c2cc(C(=O)O)ccc2c1C=C1C(=O)NN=C1OC(C)C. The summed E-state index contributed by atoms with van der Waals surface area (Å²) in [5, 5.41) is 13.8. The van der Waals surface area contributed by atoms with E-state index >= 15 is 0 Å². The van der Waals surface area contributed by atoms with E-state index in [4.69, 9.17) is 9.84 Å². The number of rotatable bonds is 3. The number of nitrogens with zero attached hydrogens (tertiary/aromatic N) is 1. The maximum atomic E-state index is 12.0.